The molecule has 1 aromatic rings. The van der Waals surface area contributed by atoms with E-state index in [9.17, 15) is 9.90 Å². The molecule has 104 valence electrons. The van der Waals surface area contributed by atoms with Crippen molar-refractivity contribution in [1.29, 1.82) is 0 Å². The molecule has 0 radical (unpaired) electrons. The fraction of sp³-hybridized carbons (Fsp3) is 0.500. The van der Waals surface area contributed by atoms with Crippen LogP contribution in [0.25, 0.3) is 0 Å². The predicted octanol–water partition coefficient (Wildman–Crippen LogP) is 2.12. The van der Waals surface area contributed by atoms with E-state index in [1.54, 1.807) is 16.7 Å². The van der Waals surface area contributed by atoms with Gasteiger partial charge in [-0.15, -0.1) is 0 Å². The van der Waals surface area contributed by atoms with E-state index >= 15 is 0 Å². The van der Waals surface area contributed by atoms with Gasteiger partial charge in [0.2, 0.25) is 0 Å². The van der Waals surface area contributed by atoms with Gasteiger partial charge < -0.3 is 14.7 Å². The highest BCUT2D eigenvalue weighted by atomic mass is 32.2. The first-order valence-corrected chi connectivity index (χ1v) is 7.64. The van der Waals surface area contributed by atoms with Crippen molar-refractivity contribution in [1.82, 2.24) is 4.90 Å². The number of hydrogen-bond acceptors (Lipinski definition) is 4. The first kappa shape index (κ1) is 14.2. The van der Waals surface area contributed by atoms with Gasteiger partial charge in [0.15, 0.2) is 0 Å². The number of nitrogens with zero attached hydrogens (tertiary/aromatic N) is 1. The van der Waals surface area contributed by atoms with E-state index in [0.29, 0.717) is 11.8 Å². The molecule has 5 heteroatoms. The highest BCUT2D eigenvalue weighted by Gasteiger charge is 2.35. The molecule has 0 aliphatic carbocycles. The van der Waals surface area contributed by atoms with Crippen molar-refractivity contribution in [2.24, 2.45) is 0 Å². The monoisotopic (exact) mass is 281 g/mol. The third-order valence-electron chi connectivity index (χ3n) is 3.36. The molecule has 0 bridgehead atoms. The van der Waals surface area contributed by atoms with Crippen LogP contribution in [0.2, 0.25) is 0 Å². The zero-order valence-corrected chi connectivity index (χ0v) is 11.8. The molecule has 2 rings (SSSR count). The fourth-order valence-electron chi connectivity index (χ4n) is 2.24. The number of likely N-dealkylation sites (tertiary alicyclic amines) is 1. The molecule has 1 aliphatic rings. The Bertz CT molecular complexity index is 412. The molecule has 0 spiro atoms. The molecule has 1 saturated heterocycles. The smallest absolute Gasteiger partial charge is 0.410 e. The Kier molecular flexibility index (Phi) is 5.10. The molecule has 1 aliphatic heterocycles. The molecule has 0 aromatic heterocycles. The van der Waals surface area contributed by atoms with E-state index in [0.717, 1.165) is 12.0 Å². The summed E-state index contributed by atoms with van der Waals surface area (Å²) in [5.74, 6) is 0. The summed E-state index contributed by atoms with van der Waals surface area (Å²) in [5.41, 5.74) is 0.969. The predicted molar refractivity (Wildman–Crippen MR) is 76.1 cm³/mol. The van der Waals surface area contributed by atoms with Crippen molar-refractivity contribution >= 4 is 17.9 Å². The van der Waals surface area contributed by atoms with Gasteiger partial charge in [-0.1, -0.05) is 30.3 Å². The third-order valence-corrected chi connectivity index (χ3v) is 4.37. The fourth-order valence-corrected chi connectivity index (χ4v) is 2.97. The summed E-state index contributed by atoms with van der Waals surface area (Å²) in [6.45, 7) is 0.926. The number of hydrogen-bond donors (Lipinski definition) is 1. The summed E-state index contributed by atoms with van der Waals surface area (Å²) in [7, 11) is 0. The lowest BCUT2D eigenvalue weighted by Gasteiger charge is -2.22. The van der Waals surface area contributed by atoms with Crippen LogP contribution in [0.1, 0.15) is 12.0 Å². The number of rotatable bonds is 4. The van der Waals surface area contributed by atoms with Crippen molar-refractivity contribution in [2.45, 2.75) is 24.3 Å². The third kappa shape index (κ3) is 3.64. The van der Waals surface area contributed by atoms with E-state index in [2.05, 4.69) is 0 Å². The van der Waals surface area contributed by atoms with Crippen molar-refractivity contribution in [3.05, 3.63) is 35.9 Å². The summed E-state index contributed by atoms with van der Waals surface area (Å²) in [6.07, 6.45) is 2.52. The van der Waals surface area contributed by atoms with Gasteiger partial charge in [0.05, 0.1) is 12.6 Å². The van der Waals surface area contributed by atoms with Crippen LogP contribution in [-0.2, 0) is 11.3 Å². The van der Waals surface area contributed by atoms with Crippen LogP contribution in [0.5, 0.6) is 0 Å². The largest absolute Gasteiger partial charge is 0.445 e. The molecule has 2 unspecified atom stereocenters. The van der Waals surface area contributed by atoms with E-state index in [4.69, 9.17) is 4.74 Å². The number of carbonyl (C=O) groups is 1. The second kappa shape index (κ2) is 6.82. The lowest BCUT2D eigenvalue weighted by Crippen LogP contribution is -2.38. The first-order chi connectivity index (χ1) is 9.24. The molecule has 0 saturated carbocycles. The SMILES string of the molecule is CSC1CC(CO)N(C(=O)OCc2ccccc2)C1. The Morgan fingerprint density at radius 1 is 1.47 bits per heavy atom. The normalized spacial score (nSPS) is 22.5. The molecule has 1 aromatic carbocycles. The lowest BCUT2D eigenvalue weighted by atomic mass is 10.2. The Morgan fingerprint density at radius 3 is 2.84 bits per heavy atom. The zero-order valence-electron chi connectivity index (χ0n) is 11.0. The number of aliphatic hydroxyl groups is 1. The van der Waals surface area contributed by atoms with Gasteiger partial charge in [-0.2, -0.15) is 11.8 Å². The van der Waals surface area contributed by atoms with Crippen LogP contribution in [0, 0.1) is 0 Å². The van der Waals surface area contributed by atoms with Crippen molar-refractivity contribution in [3.8, 4) is 0 Å². The van der Waals surface area contributed by atoms with Crippen molar-refractivity contribution in [3.63, 3.8) is 0 Å². The Balaban J connectivity index is 1.89. The minimum absolute atomic E-state index is 0.00248. The molecule has 1 amide bonds. The molecule has 1 heterocycles. The second-order valence-corrected chi connectivity index (χ2v) is 5.76. The Hall–Kier alpha value is -1.20. The topological polar surface area (TPSA) is 49.8 Å². The summed E-state index contributed by atoms with van der Waals surface area (Å²) in [6, 6.07) is 9.49. The summed E-state index contributed by atoms with van der Waals surface area (Å²) in [4.78, 5) is 13.7. The quantitative estimate of drug-likeness (QED) is 0.918. The van der Waals surface area contributed by atoms with E-state index < -0.39 is 0 Å². The molecule has 1 N–H and O–H groups in total. The molecular formula is C14H19NO3S. The average molecular weight is 281 g/mol. The van der Waals surface area contributed by atoms with Crippen LogP contribution < -0.4 is 0 Å². The zero-order chi connectivity index (χ0) is 13.7. The molecular weight excluding hydrogens is 262 g/mol. The van der Waals surface area contributed by atoms with Crippen LogP contribution >= 0.6 is 11.8 Å². The maximum Gasteiger partial charge on any atom is 0.410 e. The molecule has 4 nitrogen and oxygen atoms in total. The second-order valence-electron chi connectivity index (χ2n) is 4.62. The average Bonchev–Trinajstić information content (AvgIpc) is 2.89. The van der Waals surface area contributed by atoms with Crippen molar-refractivity contribution in [2.75, 3.05) is 19.4 Å². The number of carbonyl (C=O) groups excluding carboxylic acids is 1. The minimum atomic E-state index is -0.334. The van der Waals surface area contributed by atoms with Crippen LogP contribution in [0.4, 0.5) is 4.79 Å². The van der Waals surface area contributed by atoms with Gasteiger partial charge >= 0.3 is 6.09 Å². The standard InChI is InChI=1S/C14H19NO3S/c1-19-13-7-12(9-16)15(8-13)14(17)18-10-11-5-3-2-4-6-11/h2-6,12-13,16H,7-10H2,1H3. The van der Waals surface area contributed by atoms with E-state index in [1.807, 2.05) is 36.6 Å². The molecule has 2 atom stereocenters. The highest BCUT2D eigenvalue weighted by molar-refractivity contribution is 7.99. The Morgan fingerprint density at radius 2 is 2.21 bits per heavy atom. The van der Waals surface area contributed by atoms with Crippen LogP contribution in [-0.4, -0.2) is 46.8 Å². The lowest BCUT2D eigenvalue weighted by molar-refractivity contribution is 0.0796. The van der Waals surface area contributed by atoms with Gasteiger partial charge in [-0.25, -0.2) is 4.79 Å². The first-order valence-electron chi connectivity index (χ1n) is 6.35. The van der Waals surface area contributed by atoms with Gasteiger partial charge in [0.25, 0.3) is 0 Å². The number of amides is 1. The minimum Gasteiger partial charge on any atom is -0.445 e. The van der Waals surface area contributed by atoms with E-state index in [1.165, 1.54) is 0 Å². The maximum absolute atomic E-state index is 12.0. The number of thioether (sulfide) groups is 1. The highest BCUT2D eigenvalue weighted by Crippen LogP contribution is 2.26. The van der Waals surface area contributed by atoms with E-state index in [-0.39, 0.29) is 25.3 Å². The van der Waals surface area contributed by atoms with Gasteiger partial charge in [-0.3, -0.25) is 0 Å². The summed E-state index contributed by atoms with van der Waals surface area (Å²) < 4.78 is 5.30. The summed E-state index contributed by atoms with van der Waals surface area (Å²) in [5, 5.41) is 9.72. The van der Waals surface area contributed by atoms with Crippen LogP contribution in [0.15, 0.2) is 30.3 Å². The van der Waals surface area contributed by atoms with Gasteiger partial charge in [0.1, 0.15) is 6.61 Å². The molecule has 19 heavy (non-hydrogen) atoms. The van der Waals surface area contributed by atoms with Crippen LogP contribution in [0.3, 0.4) is 0 Å². The number of aliphatic hydroxyl groups excluding tert-OH is 1. The number of benzene rings is 1. The molecule has 1 fully saturated rings. The summed E-state index contributed by atoms with van der Waals surface area (Å²) >= 11 is 1.73. The van der Waals surface area contributed by atoms with Gasteiger partial charge in [0, 0.05) is 11.8 Å². The maximum atomic E-state index is 12.0. The van der Waals surface area contributed by atoms with Gasteiger partial charge in [-0.05, 0) is 18.2 Å². The Labute approximate surface area is 117 Å². The number of ether oxygens (including phenoxy) is 1. The van der Waals surface area contributed by atoms with Crippen molar-refractivity contribution < 1.29 is 14.6 Å².